The van der Waals surface area contributed by atoms with Gasteiger partial charge in [0.1, 0.15) is 0 Å². The molecule has 1 fully saturated rings. The van der Waals surface area contributed by atoms with Crippen LogP contribution in [0.2, 0.25) is 0 Å². The van der Waals surface area contributed by atoms with E-state index in [4.69, 9.17) is 4.18 Å². The molecule has 7 heteroatoms. The van der Waals surface area contributed by atoms with Gasteiger partial charge in [0, 0.05) is 5.41 Å². The Morgan fingerprint density at radius 2 is 1.86 bits per heavy atom. The number of rotatable bonds is 2. The molecule has 1 rings (SSSR count). The van der Waals surface area contributed by atoms with Crippen molar-refractivity contribution in [1.82, 2.24) is 0 Å². The van der Waals surface area contributed by atoms with Gasteiger partial charge < -0.3 is 0 Å². The first-order valence-corrected chi connectivity index (χ1v) is 7.74. The summed E-state index contributed by atoms with van der Waals surface area (Å²) in [5.74, 6) is -0.243. The topological polar surface area (TPSA) is 77.5 Å². The average Bonchev–Trinajstić information content (AvgIpc) is 1.94. The van der Waals surface area contributed by atoms with E-state index >= 15 is 0 Å². The van der Waals surface area contributed by atoms with Crippen LogP contribution in [0.3, 0.4) is 0 Å². The maximum Gasteiger partial charge on any atom is 0.264 e. The molecule has 0 amide bonds. The molecule has 1 atom stereocenters. The van der Waals surface area contributed by atoms with Crippen molar-refractivity contribution in [3.05, 3.63) is 0 Å². The maximum absolute atomic E-state index is 11.3. The Hall–Kier alpha value is -0.140. The highest BCUT2D eigenvalue weighted by molar-refractivity contribution is 7.91. The Morgan fingerprint density at radius 3 is 2.14 bits per heavy atom. The van der Waals surface area contributed by atoms with Crippen LogP contribution in [0.15, 0.2) is 0 Å². The summed E-state index contributed by atoms with van der Waals surface area (Å²) in [5.41, 5.74) is -0.637. The van der Waals surface area contributed by atoms with Crippen LogP contribution < -0.4 is 0 Å². The summed E-state index contributed by atoms with van der Waals surface area (Å²) in [4.78, 5) is 0. The lowest BCUT2D eigenvalue weighted by molar-refractivity contribution is 0.128. The zero-order chi connectivity index (χ0) is 11.2. The first-order chi connectivity index (χ1) is 6.02. The molecule has 1 aliphatic heterocycles. The summed E-state index contributed by atoms with van der Waals surface area (Å²) in [6.07, 6.45) is 0.163. The van der Waals surface area contributed by atoms with Crippen molar-refractivity contribution >= 4 is 20.0 Å². The predicted octanol–water partition coefficient (Wildman–Crippen LogP) is -0.214. The molecule has 1 unspecified atom stereocenters. The molecule has 0 bridgehead atoms. The molecule has 0 aromatic rings. The fraction of sp³-hybridized carbons (Fsp3) is 1.00. The molecule has 0 spiro atoms. The van der Waals surface area contributed by atoms with Crippen molar-refractivity contribution in [2.24, 2.45) is 5.41 Å². The van der Waals surface area contributed by atoms with Crippen molar-refractivity contribution in [2.45, 2.75) is 20.0 Å². The van der Waals surface area contributed by atoms with E-state index in [2.05, 4.69) is 0 Å². The van der Waals surface area contributed by atoms with Gasteiger partial charge in [-0.3, -0.25) is 4.18 Å². The van der Waals surface area contributed by atoms with Gasteiger partial charge in [0.15, 0.2) is 9.84 Å². The van der Waals surface area contributed by atoms with Gasteiger partial charge >= 0.3 is 0 Å². The third-order valence-electron chi connectivity index (χ3n) is 2.16. The molecule has 1 aliphatic rings. The molecule has 14 heavy (non-hydrogen) atoms. The smallest absolute Gasteiger partial charge is 0.264 e. The standard InChI is InChI=1S/C7H14O5S2/c1-7(2)5-14(10,11)4-6(7)12-13(3,8)9/h6H,4-5H2,1-3H3. The Balaban J connectivity index is 2.92. The predicted molar refractivity (Wildman–Crippen MR) is 52.2 cm³/mol. The second-order valence-electron chi connectivity index (χ2n) is 4.33. The molecule has 0 aromatic carbocycles. The minimum atomic E-state index is -3.59. The van der Waals surface area contributed by atoms with Gasteiger partial charge in [0.2, 0.25) is 0 Å². The molecule has 0 N–H and O–H groups in total. The highest BCUT2D eigenvalue weighted by atomic mass is 32.2. The van der Waals surface area contributed by atoms with E-state index in [1.165, 1.54) is 0 Å². The molecule has 5 nitrogen and oxygen atoms in total. The van der Waals surface area contributed by atoms with Crippen molar-refractivity contribution in [3.8, 4) is 0 Å². The molecule has 0 saturated carbocycles. The number of sulfone groups is 1. The van der Waals surface area contributed by atoms with Gasteiger partial charge in [-0.15, -0.1) is 0 Å². The maximum atomic E-state index is 11.3. The highest BCUT2D eigenvalue weighted by Crippen LogP contribution is 2.34. The fourth-order valence-corrected chi connectivity index (χ4v) is 4.80. The lowest BCUT2D eigenvalue weighted by Gasteiger charge is -2.23. The van der Waals surface area contributed by atoms with Gasteiger partial charge in [-0.05, 0) is 0 Å². The Morgan fingerprint density at radius 1 is 1.36 bits per heavy atom. The van der Waals surface area contributed by atoms with Gasteiger partial charge in [-0.25, -0.2) is 8.42 Å². The zero-order valence-electron chi connectivity index (χ0n) is 8.35. The summed E-state index contributed by atoms with van der Waals surface area (Å²) in [6.45, 7) is 3.38. The summed E-state index contributed by atoms with van der Waals surface area (Å²) in [6, 6.07) is 0. The number of hydrogen-bond acceptors (Lipinski definition) is 5. The van der Waals surface area contributed by atoms with Crippen LogP contribution in [0.4, 0.5) is 0 Å². The molecular formula is C7H14O5S2. The summed E-state index contributed by atoms with van der Waals surface area (Å²) in [7, 11) is -6.76. The van der Waals surface area contributed by atoms with E-state index in [0.29, 0.717) is 0 Å². The zero-order valence-corrected chi connectivity index (χ0v) is 9.98. The first kappa shape index (κ1) is 11.9. The van der Waals surface area contributed by atoms with E-state index in [-0.39, 0.29) is 11.5 Å². The van der Waals surface area contributed by atoms with Crippen LogP contribution in [0.25, 0.3) is 0 Å². The summed E-state index contributed by atoms with van der Waals surface area (Å²) in [5, 5.41) is 0. The molecular weight excluding hydrogens is 228 g/mol. The van der Waals surface area contributed by atoms with Crippen LogP contribution in [0, 0.1) is 5.41 Å². The molecule has 1 saturated heterocycles. The first-order valence-electron chi connectivity index (χ1n) is 4.11. The Labute approximate surface area is 84.5 Å². The van der Waals surface area contributed by atoms with Gasteiger partial charge in [0.05, 0.1) is 23.9 Å². The lowest BCUT2D eigenvalue weighted by Crippen LogP contribution is -2.32. The normalized spacial score (nSPS) is 30.4. The van der Waals surface area contributed by atoms with Crippen molar-refractivity contribution in [1.29, 1.82) is 0 Å². The Bertz CT molecular complexity index is 417. The largest absolute Gasteiger partial charge is 0.265 e. The molecule has 0 radical (unpaired) electrons. The van der Waals surface area contributed by atoms with Crippen molar-refractivity contribution in [2.75, 3.05) is 17.8 Å². The highest BCUT2D eigenvalue weighted by Gasteiger charge is 2.46. The Kier molecular flexibility index (Phi) is 2.71. The SMILES string of the molecule is CC1(C)CS(=O)(=O)CC1OS(C)(=O)=O. The second-order valence-corrected chi connectivity index (χ2v) is 8.04. The van der Waals surface area contributed by atoms with E-state index in [1.807, 2.05) is 0 Å². The summed E-state index contributed by atoms with van der Waals surface area (Å²) < 4.78 is 49.0. The van der Waals surface area contributed by atoms with E-state index in [0.717, 1.165) is 6.26 Å². The minimum absolute atomic E-state index is 0.0276. The number of hydrogen-bond donors (Lipinski definition) is 0. The van der Waals surface area contributed by atoms with Gasteiger partial charge in [-0.1, -0.05) is 13.8 Å². The van der Waals surface area contributed by atoms with Crippen LogP contribution in [-0.2, 0) is 24.1 Å². The molecule has 84 valence electrons. The third kappa shape index (κ3) is 2.93. The van der Waals surface area contributed by atoms with Crippen LogP contribution >= 0.6 is 0 Å². The van der Waals surface area contributed by atoms with Crippen molar-refractivity contribution < 1.29 is 21.0 Å². The summed E-state index contributed by atoms with van der Waals surface area (Å²) >= 11 is 0. The second kappa shape index (κ2) is 3.18. The van der Waals surface area contributed by atoms with E-state index in [9.17, 15) is 16.8 Å². The van der Waals surface area contributed by atoms with Gasteiger partial charge in [-0.2, -0.15) is 8.42 Å². The van der Waals surface area contributed by atoms with Gasteiger partial charge in [0.25, 0.3) is 10.1 Å². The molecule has 0 aromatic heterocycles. The average molecular weight is 242 g/mol. The molecule has 1 heterocycles. The fourth-order valence-electron chi connectivity index (χ4n) is 1.54. The molecule has 0 aliphatic carbocycles. The lowest BCUT2D eigenvalue weighted by atomic mass is 9.91. The van der Waals surface area contributed by atoms with Crippen LogP contribution in [0.5, 0.6) is 0 Å². The third-order valence-corrected chi connectivity index (χ3v) is 4.74. The monoisotopic (exact) mass is 242 g/mol. The van der Waals surface area contributed by atoms with E-state index < -0.39 is 31.5 Å². The van der Waals surface area contributed by atoms with Crippen molar-refractivity contribution in [3.63, 3.8) is 0 Å². The quantitative estimate of drug-likeness (QED) is 0.626. The van der Waals surface area contributed by atoms with E-state index in [1.54, 1.807) is 13.8 Å². The minimum Gasteiger partial charge on any atom is -0.265 e. The van der Waals surface area contributed by atoms with Crippen LogP contribution in [-0.4, -0.2) is 40.7 Å². The van der Waals surface area contributed by atoms with Crippen LogP contribution in [0.1, 0.15) is 13.8 Å².